The fraction of sp³-hybridized carbons (Fsp3) is 1.00. The molecule has 2 bridgehead atoms. The summed E-state index contributed by atoms with van der Waals surface area (Å²) in [6.07, 6.45) is 5.88. The number of nitrogens with one attached hydrogen (secondary N) is 1. The van der Waals surface area contributed by atoms with Crippen molar-refractivity contribution in [2.45, 2.75) is 31.7 Å². The standard InChI is InChI=1S/C7H13N/c1-2-6-4-7(3-1)8-5-6/h6-8H,1-5H2/t6-,7-/m1/s1. The summed E-state index contributed by atoms with van der Waals surface area (Å²) in [6, 6.07) is 0.911. The second-order valence-electron chi connectivity index (χ2n) is 3.14. The van der Waals surface area contributed by atoms with Gasteiger partial charge < -0.3 is 5.32 Å². The molecule has 1 nitrogen and oxygen atoms in total. The minimum absolute atomic E-state index is 0.911. The van der Waals surface area contributed by atoms with Crippen LogP contribution in [-0.2, 0) is 0 Å². The molecule has 0 spiro atoms. The van der Waals surface area contributed by atoms with Crippen molar-refractivity contribution in [1.29, 1.82) is 0 Å². The number of hydrogen-bond donors (Lipinski definition) is 1. The van der Waals surface area contributed by atoms with Gasteiger partial charge in [0, 0.05) is 6.04 Å². The first-order valence-corrected chi connectivity index (χ1v) is 3.68. The summed E-state index contributed by atoms with van der Waals surface area (Å²) < 4.78 is 0. The van der Waals surface area contributed by atoms with E-state index >= 15 is 0 Å². The van der Waals surface area contributed by atoms with Gasteiger partial charge in [-0.25, -0.2) is 0 Å². The van der Waals surface area contributed by atoms with E-state index in [1.54, 1.807) is 0 Å². The molecule has 0 aromatic heterocycles. The zero-order chi connectivity index (χ0) is 5.40. The first-order chi connectivity index (χ1) is 3.95. The van der Waals surface area contributed by atoms with Crippen LogP contribution in [0.1, 0.15) is 25.7 Å². The van der Waals surface area contributed by atoms with Crippen LogP contribution in [0.4, 0.5) is 0 Å². The Labute approximate surface area is 50.5 Å². The third-order valence-electron chi connectivity index (χ3n) is 2.48. The molecule has 1 N–H and O–H groups in total. The quantitative estimate of drug-likeness (QED) is 0.494. The van der Waals surface area contributed by atoms with Crippen LogP contribution in [0.15, 0.2) is 0 Å². The van der Waals surface area contributed by atoms with Crippen molar-refractivity contribution in [3.63, 3.8) is 0 Å². The normalized spacial score (nSPS) is 45.0. The molecule has 1 heteroatoms. The molecule has 0 unspecified atom stereocenters. The van der Waals surface area contributed by atoms with Crippen LogP contribution in [0.3, 0.4) is 0 Å². The molecule has 1 saturated carbocycles. The molecule has 1 heterocycles. The molecule has 2 atom stereocenters. The lowest BCUT2D eigenvalue weighted by atomic mass is 9.91. The van der Waals surface area contributed by atoms with Gasteiger partial charge in [-0.05, 0) is 31.7 Å². The Morgan fingerprint density at radius 1 is 1.25 bits per heavy atom. The first kappa shape index (κ1) is 4.80. The Hall–Kier alpha value is -0.0400. The summed E-state index contributed by atoms with van der Waals surface area (Å²) in [6.45, 7) is 1.31. The lowest BCUT2D eigenvalue weighted by molar-refractivity contribution is 0.410. The molecule has 0 aromatic carbocycles. The van der Waals surface area contributed by atoms with Gasteiger partial charge >= 0.3 is 0 Å². The van der Waals surface area contributed by atoms with Crippen LogP contribution < -0.4 is 5.32 Å². The minimum Gasteiger partial charge on any atom is -0.314 e. The molecule has 46 valence electrons. The first-order valence-electron chi connectivity index (χ1n) is 3.68. The third-order valence-corrected chi connectivity index (χ3v) is 2.48. The molecule has 0 amide bonds. The van der Waals surface area contributed by atoms with Crippen molar-refractivity contribution >= 4 is 0 Å². The molecule has 8 heavy (non-hydrogen) atoms. The fourth-order valence-electron chi connectivity index (χ4n) is 2.00. The Morgan fingerprint density at radius 3 is 3.00 bits per heavy atom. The number of hydrogen-bond acceptors (Lipinski definition) is 1. The van der Waals surface area contributed by atoms with Gasteiger partial charge in [-0.2, -0.15) is 0 Å². The number of rotatable bonds is 0. The Balaban J connectivity index is 2.03. The highest BCUT2D eigenvalue weighted by atomic mass is 15.0. The average Bonchev–Trinajstić information content (AvgIpc) is 2.12. The van der Waals surface area contributed by atoms with Gasteiger partial charge in [0.15, 0.2) is 0 Å². The van der Waals surface area contributed by atoms with Crippen molar-refractivity contribution in [1.82, 2.24) is 5.32 Å². The molecule has 1 aliphatic heterocycles. The molecule has 1 aliphatic carbocycles. The highest BCUT2D eigenvalue weighted by Crippen LogP contribution is 2.28. The molecule has 1 saturated heterocycles. The zero-order valence-electron chi connectivity index (χ0n) is 5.19. The van der Waals surface area contributed by atoms with Crippen LogP contribution >= 0.6 is 0 Å². The smallest absolute Gasteiger partial charge is 0.00702 e. The van der Waals surface area contributed by atoms with Crippen molar-refractivity contribution < 1.29 is 0 Å². The summed E-state index contributed by atoms with van der Waals surface area (Å²) in [4.78, 5) is 0. The maximum atomic E-state index is 3.52. The molecule has 0 radical (unpaired) electrons. The van der Waals surface area contributed by atoms with E-state index in [9.17, 15) is 0 Å². The second kappa shape index (κ2) is 1.73. The van der Waals surface area contributed by atoms with Crippen molar-refractivity contribution in [2.75, 3.05) is 6.54 Å². The molecular weight excluding hydrogens is 98.1 g/mol. The van der Waals surface area contributed by atoms with Crippen molar-refractivity contribution in [2.24, 2.45) is 5.92 Å². The van der Waals surface area contributed by atoms with Gasteiger partial charge in [0.25, 0.3) is 0 Å². The highest BCUT2D eigenvalue weighted by Gasteiger charge is 2.27. The molecular formula is C7H13N. The minimum atomic E-state index is 0.911. The largest absolute Gasteiger partial charge is 0.314 e. The molecule has 2 rings (SSSR count). The van der Waals surface area contributed by atoms with E-state index in [-0.39, 0.29) is 0 Å². The lowest BCUT2D eigenvalue weighted by Gasteiger charge is -2.15. The van der Waals surface area contributed by atoms with E-state index in [0.29, 0.717) is 0 Å². The van der Waals surface area contributed by atoms with Crippen LogP contribution in [0.5, 0.6) is 0 Å². The van der Waals surface area contributed by atoms with E-state index in [1.165, 1.54) is 32.2 Å². The number of fused-ring (bicyclic) bond motifs is 2. The van der Waals surface area contributed by atoms with Gasteiger partial charge in [0.05, 0.1) is 0 Å². The monoisotopic (exact) mass is 111 g/mol. The lowest BCUT2D eigenvalue weighted by Crippen LogP contribution is -2.20. The predicted octanol–water partition coefficient (Wildman–Crippen LogP) is 1.15. The van der Waals surface area contributed by atoms with Gasteiger partial charge in [0.1, 0.15) is 0 Å². The van der Waals surface area contributed by atoms with Crippen LogP contribution in [0.25, 0.3) is 0 Å². The van der Waals surface area contributed by atoms with Gasteiger partial charge in [-0.3, -0.25) is 0 Å². The zero-order valence-corrected chi connectivity index (χ0v) is 5.19. The summed E-state index contributed by atoms with van der Waals surface area (Å²) in [5.41, 5.74) is 0. The predicted molar refractivity (Wildman–Crippen MR) is 33.7 cm³/mol. The van der Waals surface area contributed by atoms with Gasteiger partial charge in [-0.1, -0.05) is 6.42 Å². The van der Waals surface area contributed by atoms with E-state index in [0.717, 1.165) is 12.0 Å². The third kappa shape index (κ3) is 0.655. The van der Waals surface area contributed by atoms with E-state index < -0.39 is 0 Å². The molecule has 2 aliphatic rings. The average molecular weight is 111 g/mol. The van der Waals surface area contributed by atoms with E-state index in [4.69, 9.17) is 0 Å². The highest BCUT2D eigenvalue weighted by molar-refractivity contribution is 4.85. The van der Waals surface area contributed by atoms with Crippen molar-refractivity contribution in [3.8, 4) is 0 Å². The molecule has 2 fully saturated rings. The summed E-state index contributed by atoms with van der Waals surface area (Å²) >= 11 is 0. The summed E-state index contributed by atoms with van der Waals surface area (Å²) in [5, 5.41) is 3.52. The Morgan fingerprint density at radius 2 is 2.25 bits per heavy atom. The van der Waals surface area contributed by atoms with Gasteiger partial charge in [0.2, 0.25) is 0 Å². The van der Waals surface area contributed by atoms with Gasteiger partial charge in [-0.15, -0.1) is 0 Å². The molecule has 0 aromatic rings. The van der Waals surface area contributed by atoms with E-state index in [1.807, 2.05) is 0 Å². The Kier molecular flexibility index (Phi) is 1.04. The van der Waals surface area contributed by atoms with Crippen LogP contribution in [-0.4, -0.2) is 12.6 Å². The summed E-state index contributed by atoms with van der Waals surface area (Å²) in [7, 11) is 0. The Bertz CT molecular complexity index is 76.4. The maximum Gasteiger partial charge on any atom is 0.00702 e. The van der Waals surface area contributed by atoms with Crippen molar-refractivity contribution in [3.05, 3.63) is 0 Å². The van der Waals surface area contributed by atoms with Crippen LogP contribution in [0, 0.1) is 5.92 Å². The van der Waals surface area contributed by atoms with E-state index in [2.05, 4.69) is 5.32 Å². The fourth-order valence-corrected chi connectivity index (χ4v) is 2.00. The van der Waals surface area contributed by atoms with Crippen LogP contribution in [0.2, 0.25) is 0 Å². The SMILES string of the molecule is C1C[C@H]2CN[C@H](C1)C2. The topological polar surface area (TPSA) is 12.0 Å². The maximum absolute atomic E-state index is 3.52. The summed E-state index contributed by atoms with van der Waals surface area (Å²) in [5.74, 6) is 1.05. The second-order valence-corrected chi connectivity index (χ2v) is 3.14.